The summed E-state index contributed by atoms with van der Waals surface area (Å²) in [5.41, 5.74) is 1.51. The van der Waals surface area contributed by atoms with Crippen LogP contribution in [0.25, 0.3) is 0 Å². The van der Waals surface area contributed by atoms with Crippen molar-refractivity contribution in [2.24, 2.45) is 4.99 Å². The van der Waals surface area contributed by atoms with E-state index < -0.39 is 0 Å². The number of carbonyl (C=O) groups is 1. The Balaban J connectivity index is 0.00000364. The van der Waals surface area contributed by atoms with Crippen molar-refractivity contribution in [1.82, 2.24) is 20.5 Å². The topological polar surface area (TPSA) is 69.6 Å². The van der Waals surface area contributed by atoms with Crippen molar-refractivity contribution in [3.8, 4) is 0 Å². The summed E-state index contributed by atoms with van der Waals surface area (Å²) < 4.78 is 13.0. The lowest BCUT2D eigenvalue weighted by Gasteiger charge is -2.22. The van der Waals surface area contributed by atoms with Gasteiger partial charge in [0.2, 0.25) is 0 Å². The summed E-state index contributed by atoms with van der Waals surface area (Å²) in [6.07, 6.45) is 3.15. The number of halogens is 2. The molecule has 0 aliphatic carbocycles. The summed E-state index contributed by atoms with van der Waals surface area (Å²) in [4.78, 5) is 22.4. The molecule has 1 aromatic carbocycles. The van der Waals surface area contributed by atoms with Crippen LogP contribution in [0.2, 0.25) is 0 Å². The van der Waals surface area contributed by atoms with E-state index >= 15 is 0 Å². The summed E-state index contributed by atoms with van der Waals surface area (Å²) in [5, 5.41) is 6.03. The van der Waals surface area contributed by atoms with Gasteiger partial charge < -0.3 is 15.5 Å². The molecule has 1 amide bonds. The molecule has 1 aromatic heterocycles. The van der Waals surface area contributed by atoms with Crippen molar-refractivity contribution in [3.63, 3.8) is 0 Å². The first-order valence-corrected chi connectivity index (χ1v) is 8.52. The lowest BCUT2D eigenvalue weighted by atomic mass is 10.2. The Hall–Kier alpha value is -2.23. The predicted octanol–water partition coefficient (Wildman–Crippen LogP) is 2.67. The van der Waals surface area contributed by atoms with Gasteiger partial charge in [-0.1, -0.05) is 12.1 Å². The first-order valence-electron chi connectivity index (χ1n) is 8.52. The molecule has 146 valence electrons. The first-order chi connectivity index (χ1) is 12.6. The van der Waals surface area contributed by atoms with Gasteiger partial charge >= 0.3 is 0 Å². The molecule has 27 heavy (non-hydrogen) atoms. The zero-order valence-corrected chi connectivity index (χ0v) is 17.8. The van der Waals surface area contributed by atoms with Crippen LogP contribution in [-0.4, -0.2) is 48.4 Å². The Morgan fingerprint density at radius 3 is 2.59 bits per heavy atom. The van der Waals surface area contributed by atoms with Crippen molar-refractivity contribution in [2.75, 3.05) is 26.7 Å². The fraction of sp³-hybridized carbons (Fsp3) is 0.316. The maximum Gasteiger partial charge on any atom is 0.252 e. The quantitative estimate of drug-likeness (QED) is 0.274. The van der Waals surface area contributed by atoms with Crippen LogP contribution < -0.4 is 10.6 Å². The minimum atomic E-state index is -0.249. The molecule has 8 heteroatoms. The normalized spacial score (nSPS) is 10.7. The molecule has 0 saturated carbocycles. The Labute approximate surface area is 176 Å². The van der Waals surface area contributed by atoms with Crippen LogP contribution in [0, 0.1) is 5.82 Å². The highest BCUT2D eigenvalue weighted by Crippen LogP contribution is 2.05. The van der Waals surface area contributed by atoms with Gasteiger partial charge in [0.05, 0.1) is 12.1 Å². The zero-order valence-electron chi connectivity index (χ0n) is 15.5. The molecule has 0 aliphatic rings. The van der Waals surface area contributed by atoms with Gasteiger partial charge in [0.1, 0.15) is 5.82 Å². The number of rotatable bonds is 7. The standard InChI is InChI=1S/C19H24FN5O.HI/c1-3-22-19(25(2)14-15-6-8-17(20)9-7-15)24-12-11-23-18(26)16-5-4-10-21-13-16;/h4-10,13H,3,11-12,14H2,1-2H3,(H,22,24)(H,23,26);1H. The van der Waals surface area contributed by atoms with Gasteiger partial charge in [0, 0.05) is 39.1 Å². The highest BCUT2D eigenvalue weighted by Gasteiger charge is 2.07. The number of guanidine groups is 1. The molecule has 0 unspecified atom stereocenters. The molecule has 0 spiro atoms. The fourth-order valence-electron chi connectivity index (χ4n) is 2.34. The highest BCUT2D eigenvalue weighted by atomic mass is 127. The maximum atomic E-state index is 13.0. The highest BCUT2D eigenvalue weighted by molar-refractivity contribution is 14.0. The van der Waals surface area contributed by atoms with Crippen LogP contribution in [0.4, 0.5) is 4.39 Å². The van der Waals surface area contributed by atoms with Crippen molar-refractivity contribution in [1.29, 1.82) is 0 Å². The van der Waals surface area contributed by atoms with Gasteiger partial charge in [-0.15, -0.1) is 24.0 Å². The number of aromatic nitrogens is 1. The Morgan fingerprint density at radius 1 is 1.22 bits per heavy atom. The van der Waals surface area contributed by atoms with Crippen LogP contribution >= 0.6 is 24.0 Å². The number of aliphatic imine (C=N–C) groups is 1. The largest absolute Gasteiger partial charge is 0.357 e. The number of hydrogen-bond donors (Lipinski definition) is 2. The second kappa shape index (κ2) is 12.2. The smallest absolute Gasteiger partial charge is 0.252 e. The number of pyridine rings is 1. The molecule has 0 radical (unpaired) electrons. The van der Waals surface area contributed by atoms with E-state index in [0.29, 0.717) is 25.2 Å². The van der Waals surface area contributed by atoms with Crippen LogP contribution in [0.3, 0.4) is 0 Å². The summed E-state index contributed by atoms with van der Waals surface area (Å²) >= 11 is 0. The number of carbonyl (C=O) groups excluding carboxylic acids is 1. The van der Waals surface area contributed by atoms with Crippen LogP contribution in [0.5, 0.6) is 0 Å². The number of hydrogen-bond acceptors (Lipinski definition) is 3. The molecule has 0 saturated heterocycles. The minimum absolute atomic E-state index is 0. The van der Waals surface area contributed by atoms with Crippen molar-refractivity contribution in [3.05, 3.63) is 65.7 Å². The molecule has 1 heterocycles. The molecule has 0 aliphatic heterocycles. The minimum Gasteiger partial charge on any atom is -0.357 e. The van der Waals surface area contributed by atoms with E-state index in [1.165, 1.54) is 18.3 Å². The van der Waals surface area contributed by atoms with E-state index in [1.807, 2.05) is 18.9 Å². The average Bonchev–Trinajstić information content (AvgIpc) is 2.66. The fourth-order valence-corrected chi connectivity index (χ4v) is 2.34. The molecule has 0 atom stereocenters. The Kier molecular flexibility index (Phi) is 10.3. The lowest BCUT2D eigenvalue weighted by Crippen LogP contribution is -2.39. The summed E-state index contributed by atoms with van der Waals surface area (Å²) in [6.45, 7) is 4.20. The van der Waals surface area contributed by atoms with Crippen molar-refractivity contribution in [2.45, 2.75) is 13.5 Å². The Bertz CT molecular complexity index is 725. The van der Waals surface area contributed by atoms with Gasteiger partial charge in [0.15, 0.2) is 5.96 Å². The van der Waals surface area contributed by atoms with Crippen molar-refractivity contribution < 1.29 is 9.18 Å². The third-order valence-corrected chi connectivity index (χ3v) is 3.61. The zero-order chi connectivity index (χ0) is 18.8. The summed E-state index contributed by atoms with van der Waals surface area (Å²) in [6, 6.07) is 9.84. The van der Waals surface area contributed by atoms with Crippen LogP contribution in [0.15, 0.2) is 53.8 Å². The third-order valence-electron chi connectivity index (χ3n) is 3.61. The summed E-state index contributed by atoms with van der Waals surface area (Å²) in [5.74, 6) is 0.312. The SMILES string of the molecule is CCNC(=NCCNC(=O)c1cccnc1)N(C)Cc1ccc(F)cc1.I. The number of benzene rings is 1. The monoisotopic (exact) mass is 485 g/mol. The predicted molar refractivity (Wildman–Crippen MR) is 116 cm³/mol. The first kappa shape index (κ1) is 22.8. The molecular weight excluding hydrogens is 460 g/mol. The molecule has 6 nitrogen and oxygen atoms in total. The average molecular weight is 485 g/mol. The number of nitrogens with one attached hydrogen (secondary N) is 2. The van der Waals surface area contributed by atoms with E-state index in [-0.39, 0.29) is 35.7 Å². The number of nitrogens with zero attached hydrogens (tertiary/aromatic N) is 3. The van der Waals surface area contributed by atoms with E-state index in [4.69, 9.17) is 0 Å². The molecule has 0 bridgehead atoms. The van der Waals surface area contributed by atoms with Gasteiger partial charge in [-0.05, 0) is 36.8 Å². The molecular formula is C19H25FIN5O. The van der Waals surface area contributed by atoms with E-state index in [2.05, 4.69) is 20.6 Å². The lowest BCUT2D eigenvalue weighted by molar-refractivity contribution is 0.0954. The van der Waals surface area contributed by atoms with E-state index in [9.17, 15) is 9.18 Å². The molecule has 2 rings (SSSR count). The molecule has 0 fully saturated rings. The summed E-state index contributed by atoms with van der Waals surface area (Å²) in [7, 11) is 1.92. The second-order valence-electron chi connectivity index (χ2n) is 5.72. The van der Waals surface area contributed by atoms with Gasteiger partial charge in [-0.2, -0.15) is 0 Å². The van der Waals surface area contributed by atoms with Crippen LogP contribution in [-0.2, 0) is 6.54 Å². The van der Waals surface area contributed by atoms with Gasteiger partial charge in [0.25, 0.3) is 5.91 Å². The maximum absolute atomic E-state index is 13.0. The van der Waals surface area contributed by atoms with Gasteiger partial charge in [-0.3, -0.25) is 14.8 Å². The van der Waals surface area contributed by atoms with Crippen LogP contribution in [0.1, 0.15) is 22.8 Å². The molecule has 2 aromatic rings. The Morgan fingerprint density at radius 2 is 1.96 bits per heavy atom. The van der Waals surface area contributed by atoms with E-state index in [1.54, 1.807) is 30.5 Å². The van der Waals surface area contributed by atoms with Crippen molar-refractivity contribution >= 4 is 35.8 Å². The number of amides is 1. The van der Waals surface area contributed by atoms with E-state index in [0.717, 1.165) is 18.1 Å². The third kappa shape index (κ3) is 7.90. The molecule has 2 N–H and O–H groups in total. The van der Waals surface area contributed by atoms with Gasteiger partial charge in [-0.25, -0.2) is 4.39 Å². The second-order valence-corrected chi connectivity index (χ2v) is 5.72.